The van der Waals surface area contributed by atoms with Crippen LogP contribution in [-0.4, -0.2) is 46.9 Å². The summed E-state index contributed by atoms with van der Waals surface area (Å²) in [5, 5.41) is 14.3. The first kappa shape index (κ1) is 18.7. The molecule has 4 rings (SSSR count). The summed E-state index contributed by atoms with van der Waals surface area (Å²) in [5.74, 6) is -3.11. The van der Waals surface area contributed by atoms with Gasteiger partial charge < -0.3 is 19.7 Å². The van der Waals surface area contributed by atoms with E-state index in [1.807, 2.05) is 16.7 Å². The Balaban J connectivity index is 1.54. The molecule has 0 unspecified atom stereocenters. The van der Waals surface area contributed by atoms with Crippen LogP contribution in [0.3, 0.4) is 0 Å². The number of nitrogens with zero attached hydrogens (tertiary/aromatic N) is 1. The SMILES string of the molecule is O=C(NCC1(O)CCC(F)(F)CC1)c1cn(C2COC2)c2cccc(Cl)c12. The van der Waals surface area contributed by atoms with Gasteiger partial charge in [-0.2, -0.15) is 0 Å². The standard InChI is InChI=1S/C19H21ClF2N2O3/c20-14-2-1-3-15-16(14)13(8-24(15)12-9-27-10-12)17(25)23-11-18(26)4-6-19(21,22)7-5-18/h1-3,8,12,26H,4-7,9-11H2,(H,23,25). The normalized spacial score (nSPS) is 21.8. The smallest absolute Gasteiger partial charge is 0.253 e. The first-order valence-corrected chi connectivity index (χ1v) is 9.41. The Labute approximate surface area is 160 Å². The summed E-state index contributed by atoms with van der Waals surface area (Å²) >= 11 is 6.34. The summed E-state index contributed by atoms with van der Waals surface area (Å²) in [5.41, 5.74) is -0.0504. The van der Waals surface area contributed by atoms with Crippen molar-refractivity contribution in [1.29, 1.82) is 0 Å². The monoisotopic (exact) mass is 398 g/mol. The molecule has 0 atom stereocenters. The lowest BCUT2D eigenvalue weighted by Gasteiger charge is -2.35. The number of carbonyl (C=O) groups is 1. The third-order valence-electron chi connectivity index (χ3n) is 5.56. The molecule has 0 spiro atoms. The van der Waals surface area contributed by atoms with Gasteiger partial charge in [0.25, 0.3) is 5.91 Å². The molecule has 2 fully saturated rings. The maximum absolute atomic E-state index is 13.3. The first-order valence-electron chi connectivity index (χ1n) is 9.03. The quantitative estimate of drug-likeness (QED) is 0.828. The van der Waals surface area contributed by atoms with Crippen LogP contribution in [0, 0.1) is 0 Å². The van der Waals surface area contributed by atoms with Crippen molar-refractivity contribution in [2.75, 3.05) is 19.8 Å². The van der Waals surface area contributed by atoms with Crippen molar-refractivity contribution in [1.82, 2.24) is 9.88 Å². The molecular weight excluding hydrogens is 378 g/mol. The number of benzene rings is 1. The number of ether oxygens (including phenoxy) is 1. The average Bonchev–Trinajstić information content (AvgIpc) is 2.96. The molecule has 1 saturated carbocycles. The van der Waals surface area contributed by atoms with E-state index in [1.165, 1.54) is 0 Å². The third kappa shape index (κ3) is 3.56. The Morgan fingerprint density at radius 3 is 2.63 bits per heavy atom. The van der Waals surface area contributed by atoms with Gasteiger partial charge in [-0.3, -0.25) is 4.79 Å². The molecule has 1 aliphatic carbocycles. The number of aromatic nitrogens is 1. The fourth-order valence-corrected chi connectivity index (χ4v) is 4.00. The van der Waals surface area contributed by atoms with Crippen LogP contribution in [0.4, 0.5) is 8.78 Å². The molecule has 1 aliphatic heterocycles. The summed E-state index contributed by atoms with van der Waals surface area (Å²) in [6.07, 6.45) is 0.931. The van der Waals surface area contributed by atoms with Crippen molar-refractivity contribution in [2.24, 2.45) is 0 Å². The summed E-state index contributed by atoms with van der Waals surface area (Å²) in [4.78, 5) is 12.8. The summed E-state index contributed by atoms with van der Waals surface area (Å²) in [6.45, 7) is 1.09. The highest BCUT2D eigenvalue weighted by Crippen LogP contribution is 2.38. The number of amides is 1. The summed E-state index contributed by atoms with van der Waals surface area (Å²) in [6, 6.07) is 5.59. The molecule has 1 aromatic heterocycles. The van der Waals surface area contributed by atoms with Gasteiger partial charge in [0.15, 0.2) is 0 Å². The van der Waals surface area contributed by atoms with Crippen molar-refractivity contribution >= 4 is 28.4 Å². The molecule has 1 amide bonds. The highest BCUT2D eigenvalue weighted by Gasteiger charge is 2.42. The van der Waals surface area contributed by atoms with Gasteiger partial charge in [-0.15, -0.1) is 0 Å². The van der Waals surface area contributed by atoms with Crippen LogP contribution in [0.25, 0.3) is 10.9 Å². The van der Waals surface area contributed by atoms with E-state index in [0.29, 0.717) is 29.2 Å². The zero-order valence-corrected chi connectivity index (χ0v) is 15.4. The van der Waals surface area contributed by atoms with Crippen molar-refractivity contribution in [3.8, 4) is 0 Å². The minimum atomic E-state index is -2.73. The lowest BCUT2D eigenvalue weighted by Crippen LogP contribution is -2.47. The van der Waals surface area contributed by atoms with Gasteiger partial charge in [-0.25, -0.2) is 8.78 Å². The highest BCUT2D eigenvalue weighted by molar-refractivity contribution is 6.36. The number of aliphatic hydroxyl groups is 1. The molecule has 2 heterocycles. The fraction of sp³-hybridized carbons (Fsp3) is 0.526. The predicted molar refractivity (Wildman–Crippen MR) is 97.5 cm³/mol. The van der Waals surface area contributed by atoms with Gasteiger partial charge in [0.2, 0.25) is 5.92 Å². The molecule has 146 valence electrons. The Morgan fingerprint density at radius 1 is 1.30 bits per heavy atom. The van der Waals surface area contributed by atoms with Crippen LogP contribution in [0.5, 0.6) is 0 Å². The van der Waals surface area contributed by atoms with E-state index in [4.69, 9.17) is 16.3 Å². The maximum atomic E-state index is 13.3. The van der Waals surface area contributed by atoms with Gasteiger partial charge >= 0.3 is 0 Å². The number of fused-ring (bicyclic) bond motifs is 1. The second-order valence-corrected chi connectivity index (χ2v) is 7.95. The van der Waals surface area contributed by atoms with E-state index in [-0.39, 0.29) is 44.2 Å². The van der Waals surface area contributed by atoms with Crippen molar-refractivity contribution < 1.29 is 23.4 Å². The second kappa shape index (κ2) is 6.72. The van der Waals surface area contributed by atoms with E-state index in [1.54, 1.807) is 12.3 Å². The lowest BCUT2D eigenvalue weighted by atomic mass is 9.82. The number of nitrogens with one attached hydrogen (secondary N) is 1. The molecule has 1 aromatic carbocycles. The number of halogens is 3. The van der Waals surface area contributed by atoms with Crippen LogP contribution in [0.1, 0.15) is 42.1 Å². The molecule has 8 heteroatoms. The van der Waals surface area contributed by atoms with E-state index < -0.39 is 11.5 Å². The predicted octanol–water partition coefficient (Wildman–Crippen LogP) is 3.54. The van der Waals surface area contributed by atoms with Crippen molar-refractivity contribution in [2.45, 2.75) is 43.2 Å². The van der Waals surface area contributed by atoms with Gasteiger partial charge in [-0.05, 0) is 25.0 Å². The minimum Gasteiger partial charge on any atom is -0.388 e. The number of hydrogen-bond donors (Lipinski definition) is 2. The molecule has 0 bridgehead atoms. The molecular formula is C19H21ClF2N2O3. The topological polar surface area (TPSA) is 63.5 Å². The number of hydrogen-bond acceptors (Lipinski definition) is 3. The fourth-order valence-electron chi connectivity index (χ4n) is 3.72. The van der Waals surface area contributed by atoms with Crippen LogP contribution in [0.2, 0.25) is 5.02 Å². The van der Waals surface area contributed by atoms with Gasteiger partial charge in [-0.1, -0.05) is 17.7 Å². The lowest BCUT2D eigenvalue weighted by molar-refractivity contribution is -0.101. The Hall–Kier alpha value is -1.70. The first-order chi connectivity index (χ1) is 12.8. The van der Waals surface area contributed by atoms with E-state index in [2.05, 4.69) is 5.32 Å². The second-order valence-electron chi connectivity index (χ2n) is 7.54. The van der Waals surface area contributed by atoms with E-state index in [0.717, 1.165) is 5.52 Å². The summed E-state index contributed by atoms with van der Waals surface area (Å²) < 4.78 is 33.9. The largest absolute Gasteiger partial charge is 0.388 e. The molecule has 2 aromatic rings. The zero-order chi connectivity index (χ0) is 19.2. The number of rotatable bonds is 4. The van der Waals surface area contributed by atoms with Crippen LogP contribution in [0.15, 0.2) is 24.4 Å². The minimum absolute atomic E-state index is 0.0395. The molecule has 2 N–H and O–H groups in total. The molecule has 1 saturated heterocycles. The van der Waals surface area contributed by atoms with E-state index in [9.17, 15) is 18.7 Å². The van der Waals surface area contributed by atoms with Gasteiger partial charge in [0.05, 0.1) is 41.0 Å². The Kier molecular flexibility index (Phi) is 4.64. The maximum Gasteiger partial charge on any atom is 0.253 e. The van der Waals surface area contributed by atoms with Crippen LogP contribution in [-0.2, 0) is 4.74 Å². The molecule has 2 aliphatic rings. The van der Waals surface area contributed by atoms with Crippen LogP contribution < -0.4 is 5.32 Å². The average molecular weight is 399 g/mol. The van der Waals surface area contributed by atoms with Crippen LogP contribution >= 0.6 is 11.6 Å². The Bertz CT molecular complexity index is 869. The molecule has 0 radical (unpaired) electrons. The highest BCUT2D eigenvalue weighted by atomic mass is 35.5. The number of carbonyl (C=O) groups excluding carboxylic acids is 1. The Morgan fingerprint density at radius 2 is 2.00 bits per heavy atom. The zero-order valence-electron chi connectivity index (χ0n) is 14.7. The van der Waals surface area contributed by atoms with Gasteiger partial charge in [0, 0.05) is 31.0 Å². The molecule has 5 nitrogen and oxygen atoms in total. The summed E-state index contributed by atoms with van der Waals surface area (Å²) in [7, 11) is 0. The number of alkyl halides is 2. The molecule has 27 heavy (non-hydrogen) atoms. The van der Waals surface area contributed by atoms with Crippen molar-refractivity contribution in [3.63, 3.8) is 0 Å². The third-order valence-corrected chi connectivity index (χ3v) is 5.87. The van der Waals surface area contributed by atoms with Crippen molar-refractivity contribution in [3.05, 3.63) is 35.0 Å². The van der Waals surface area contributed by atoms with E-state index >= 15 is 0 Å². The van der Waals surface area contributed by atoms with Gasteiger partial charge in [0.1, 0.15) is 0 Å².